The maximum atomic E-state index is 2.60. The highest BCUT2D eigenvalue weighted by Gasteiger charge is 2.56. The average molecular weight is 305 g/mol. The third kappa shape index (κ3) is 2.01. The number of fused-ring (bicyclic) bond motifs is 2. The van der Waals surface area contributed by atoms with Crippen molar-refractivity contribution in [2.24, 2.45) is 47.3 Å². The largest absolute Gasteiger partial charge is 0.154 e. The summed E-state index contributed by atoms with van der Waals surface area (Å²) < 4.78 is 0. The van der Waals surface area contributed by atoms with E-state index in [2.05, 4.69) is 25.6 Å². The van der Waals surface area contributed by atoms with Gasteiger partial charge in [-0.1, -0.05) is 20.3 Å². The summed E-state index contributed by atoms with van der Waals surface area (Å²) in [5.41, 5.74) is 0. The average Bonchev–Trinajstić information content (AvgIpc) is 2.41. The topological polar surface area (TPSA) is 0 Å². The molecule has 7 aliphatic rings. The molecule has 6 unspecified atom stereocenters. The molecule has 118 valence electrons. The van der Waals surface area contributed by atoms with Crippen molar-refractivity contribution in [3.63, 3.8) is 0 Å². The molecule has 0 nitrogen and oxygen atoms in total. The minimum atomic E-state index is 0.996. The zero-order chi connectivity index (χ0) is 14.1. The van der Waals surface area contributed by atoms with Gasteiger partial charge in [-0.15, -0.1) is 0 Å². The van der Waals surface area contributed by atoms with E-state index in [0.717, 1.165) is 57.8 Å². The van der Waals surface area contributed by atoms with Gasteiger partial charge >= 0.3 is 0 Å². The Labute approximate surface area is 135 Å². The van der Waals surface area contributed by atoms with E-state index >= 15 is 0 Å². The second kappa shape index (κ2) is 4.92. The fourth-order valence-electron chi connectivity index (χ4n) is 7.04. The molecule has 0 heterocycles. The fraction of sp³-hybridized carbons (Fsp3) is 1.00. The Morgan fingerprint density at radius 2 is 1.57 bits per heavy atom. The zero-order valence-corrected chi connectivity index (χ0v) is 14.7. The Kier molecular flexibility index (Phi) is 3.22. The van der Waals surface area contributed by atoms with E-state index in [-0.39, 0.29) is 0 Å². The Bertz CT molecular complexity index is 403. The van der Waals surface area contributed by atoms with Crippen molar-refractivity contribution in [3.8, 4) is 0 Å². The zero-order valence-electron chi connectivity index (χ0n) is 13.8. The summed E-state index contributed by atoms with van der Waals surface area (Å²) in [6.07, 6.45) is 12.6. The lowest BCUT2D eigenvalue weighted by Gasteiger charge is -2.61. The first-order valence-electron chi connectivity index (χ1n) is 9.86. The summed E-state index contributed by atoms with van der Waals surface area (Å²) >= 11 is 2.52. The van der Waals surface area contributed by atoms with Crippen molar-refractivity contribution in [2.75, 3.05) is 0 Å². The molecule has 21 heavy (non-hydrogen) atoms. The van der Waals surface area contributed by atoms with Crippen molar-refractivity contribution >= 4 is 11.8 Å². The van der Waals surface area contributed by atoms with Crippen molar-refractivity contribution in [1.82, 2.24) is 0 Å². The number of rotatable bonds is 2. The van der Waals surface area contributed by atoms with E-state index in [1.54, 1.807) is 44.9 Å². The number of hydrogen-bond donors (Lipinski definition) is 0. The molecule has 0 aromatic rings. The first-order chi connectivity index (χ1) is 10.2. The lowest BCUT2D eigenvalue weighted by molar-refractivity contribution is -0.0628. The van der Waals surface area contributed by atoms with Crippen LogP contribution < -0.4 is 0 Å². The third-order valence-corrected chi connectivity index (χ3v) is 10.6. The van der Waals surface area contributed by atoms with Gasteiger partial charge in [-0.2, -0.15) is 11.8 Å². The second-order valence-corrected chi connectivity index (χ2v) is 10.9. The number of hydrogen-bond acceptors (Lipinski definition) is 1. The molecule has 0 radical (unpaired) electrons. The molecule has 4 bridgehead atoms. The minimum Gasteiger partial charge on any atom is -0.154 e. The lowest BCUT2D eigenvalue weighted by Crippen LogP contribution is -2.56. The smallest absolute Gasteiger partial charge is 0.0109 e. The van der Waals surface area contributed by atoms with Gasteiger partial charge in [0.15, 0.2) is 0 Å². The van der Waals surface area contributed by atoms with Crippen LogP contribution in [0.15, 0.2) is 0 Å². The van der Waals surface area contributed by atoms with Gasteiger partial charge in [-0.3, -0.25) is 0 Å². The van der Waals surface area contributed by atoms with E-state index in [4.69, 9.17) is 0 Å². The predicted octanol–water partition coefficient (Wildman–Crippen LogP) is 5.62. The molecule has 1 heteroatoms. The van der Waals surface area contributed by atoms with Crippen molar-refractivity contribution in [2.45, 2.75) is 75.7 Å². The van der Waals surface area contributed by atoms with Gasteiger partial charge < -0.3 is 0 Å². The normalized spacial score (nSPS) is 61.4. The fourth-order valence-corrected chi connectivity index (χ4v) is 9.12. The summed E-state index contributed by atoms with van der Waals surface area (Å²) in [5.74, 6) is 8.76. The summed E-state index contributed by atoms with van der Waals surface area (Å²) in [4.78, 5) is 0. The Morgan fingerprint density at radius 3 is 2.29 bits per heavy atom. The lowest BCUT2D eigenvalue weighted by atomic mass is 9.48. The van der Waals surface area contributed by atoms with Gasteiger partial charge in [0.1, 0.15) is 0 Å². The van der Waals surface area contributed by atoms with Crippen LogP contribution in [0.25, 0.3) is 0 Å². The highest BCUT2D eigenvalue weighted by atomic mass is 32.2. The molecule has 0 saturated heterocycles. The predicted molar refractivity (Wildman–Crippen MR) is 91.4 cm³/mol. The molecule has 0 aromatic heterocycles. The summed E-state index contributed by atoms with van der Waals surface area (Å²) in [7, 11) is 0. The van der Waals surface area contributed by atoms with Gasteiger partial charge in [0.05, 0.1) is 0 Å². The van der Waals surface area contributed by atoms with Crippen molar-refractivity contribution in [1.29, 1.82) is 0 Å². The quantitative estimate of drug-likeness (QED) is 0.638. The van der Waals surface area contributed by atoms with Gasteiger partial charge in [-0.25, -0.2) is 0 Å². The van der Waals surface area contributed by atoms with E-state index in [0.29, 0.717) is 0 Å². The molecular formula is C20H32S. The summed E-state index contributed by atoms with van der Waals surface area (Å²) in [5, 5.41) is 2.13. The number of thioether (sulfide) groups is 1. The summed E-state index contributed by atoms with van der Waals surface area (Å²) in [6, 6.07) is 0. The molecule has 0 amide bonds. The third-order valence-electron chi connectivity index (χ3n) is 8.59. The monoisotopic (exact) mass is 304 g/mol. The van der Waals surface area contributed by atoms with Crippen LogP contribution in [0.5, 0.6) is 0 Å². The van der Waals surface area contributed by atoms with Gasteiger partial charge in [0, 0.05) is 10.5 Å². The molecule has 7 aliphatic carbocycles. The first kappa shape index (κ1) is 13.8. The van der Waals surface area contributed by atoms with Crippen molar-refractivity contribution < 1.29 is 0 Å². The van der Waals surface area contributed by atoms with Crippen LogP contribution in [0.3, 0.4) is 0 Å². The molecule has 0 aliphatic heterocycles. The maximum absolute atomic E-state index is 2.60. The molecule has 0 aromatic carbocycles. The molecule has 7 fully saturated rings. The molecular weight excluding hydrogens is 272 g/mol. The van der Waals surface area contributed by atoms with Crippen LogP contribution in [-0.2, 0) is 0 Å². The van der Waals surface area contributed by atoms with E-state index < -0.39 is 0 Å². The second-order valence-electron chi connectivity index (χ2n) is 9.46. The summed E-state index contributed by atoms with van der Waals surface area (Å²) in [6.45, 7) is 5.13. The molecule has 0 spiro atoms. The maximum Gasteiger partial charge on any atom is 0.0109 e. The standard InChI is InChI=1S/C20H32S/c1-11-3-5-17-19(12(11)2)15-9-16(10-15)20(17)21-18-6-4-13-7-14(18)8-13/h11-20H,3-10H2,1-2H3. The van der Waals surface area contributed by atoms with Gasteiger partial charge in [0.25, 0.3) is 0 Å². The minimum absolute atomic E-state index is 0.996. The Morgan fingerprint density at radius 1 is 0.762 bits per heavy atom. The Hall–Kier alpha value is 0.350. The van der Waals surface area contributed by atoms with Crippen LogP contribution in [0, 0.1) is 47.3 Å². The van der Waals surface area contributed by atoms with E-state index in [1.807, 2.05) is 0 Å². The van der Waals surface area contributed by atoms with Crippen LogP contribution in [0.1, 0.15) is 65.2 Å². The Balaban J connectivity index is 1.34. The van der Waals surface area contributed by atoms with E-state index in [1.165, 1.54) is 6.42 Å². The SMILES string of the molecule is CC1CCC2C(SC3CCC4CC3C4)C3CC(C3)C2C1C. The molecule has 0 N–H and O–H groups in total. The molecule has 7 saturated carbocycles. The first-order valence-corrected chi connectivity index (χ1v) is 10.8. The van der Waals surface area contributed by atoms with E-state index in [9.17, 15) is 0 Å². The van der Waals surface area contributed by atoms with Crippen LogP contribution in [0.2, 0.25) is 0 Å². The van der Waals surface area contributed by atoms with Crippen LogP contribution in [-0.4, -0.2) is 10.5 Å². The van der Waals surface area contributed by atoms with Gasteiger partial charge in [-0.05, 0) is 92.3 Å². The highest BCUT2D eigenvalue weighted by molar-refractivity contribution is 8.00. The highest BCUT2D eigenvalue weighted by Crippen LogP contribution is 2.63. The van der Waals surface area contributed by atoms with Gasteiger partial charge in [0.2, 0.25) is 0 Å². The van der Waals surface area contributed by atoms with Crippen LogP contribution in [0.4, 0.5) is 0 Å². The van der Waals surface area contributed by atoms with Crippen molar-refractivity contribution in [3.05, 3.63) is 0 Å². The molecule has 6 atom stereocenters. The van der Waals surface area contributed by atoms with Crippen LogP contribution >= 0.6 is 11.8 Å². The molecule has 7 rings (SSSR count).